The molecule has 8 heteroatoms. The van der Waals surface area contributed by atoms with E-state index in [0.717, 1.165) is 0 Å². The van der Waals surface area contributed by atoms with E-state index in [9.17, 15) is 13.2 Å². The number of benzene rings is 1. The largest absolute Gasteiger partial charge is 0.361 e. The van der Waals surface area contributed by atoms with Crippen LogP contribution in [0.3, 0.4) is 0 Å². The quantitative estimate of drug-likeness (QED) is 0.490. The zero-order valence-corrected chi connectivity index (χ0v) is 16.2. The van der Waals surface area contributed by atoms with Gasteiger partial charge >= 0.3 is 0 Å². The zero-order chi connectivity index (χ0) is 19.2. The van der Waals surface area contributed by atoms with Crippen LogP contribution in [0.25, 0.3) is 0 Å². The minimum atomic E-state index is -3.64. The molecule has 1 fully saturated rings. The molecule has 1 atom stereocenters. The van der Waals surface area contributed by atoms with E-state index in [2.05, 4.69) is 10.0 Å². The van der Waals surface area contributed by atoms with E-state index in [1.807, 2.05) is 17.9 Å². The van der Waals surface area contributed by atoms with Crippen LogP contribution >= 0.6 is 0 Å². The molecule has 1 saturated heterocycles. The lowest BCUT2D eigenvalue weighted by atomic mass is 9.89. The van der Waals surface area contributed by atoms with Crippen molar-refractivity contribution in [3.05, 3.63) is 35.9 Å². The summed E-state index contributed by atoms with van der Waals surface area (Å²) in [5.41, 5.74) is 0.684. The molecule has 0 spiro atoms. The van der Waals surface area contributed by atoms with Gasteiger partial charge in [-0.3, -0.25) is 10.2 Å². The molecule has 144 valence electrons. The molecule has 0 aliphatic carbocycles. The summed E-state index contributed by atoms with van der Waals surface area (Å²) >= 11 is 0. The number of piperidine rings is 1. The van der Waals surface area contributed by atoms with Crippen LogP contribution in [-0.2, 0) is 20.6 Å². The van der Waals surface area contributed by atoms with Crippen LogP contribution in [0.15, 0.2) is 30.3 Å². The summed E-state index contributed by atoms with van der Waals surface area (Å²) in [6.07, 6.45) is 1.34. The first-order valence-electron chi connectivity index (χ1n) is 8.94. The molecule has 1 aliphatic rings. The summed E-state index contributed by atoms with van der Waals surface area (Å²) in [7, 11) is -3.64. The van der Waals surface area contributed by atoms with E-state index in [0.29, 0.717) is 43.9 Å². The van der Waals surface area contributed by atoms with E-state index in [1.165, 1.54) is 0 Å². The van der Waals surface area contributed by atoms with Gasteiger partial charge in [0.2, 0.25) is 15.9 Å². The van der Waals surface area contributed by atoms with E-state index < -0.39 is 16.1 Å². The zero-order valence-electron chi connectivity index (χ0n) is 15.4. The maximum Gasteiger partial charge on any atom is 0.238 e. The smallest absolute Gasteiger partial charge is 0.238 e. The average molecular weight is 381 g/mol. The van der Waals surface area contributed by atoms with Crippen LogP contribution in [0.4, 0.5) is 0 Å². The number of amidine groups is 1. The number of rotatable bonds is 7. The molecule has 3 N–H and O–H groups in total. The number of hydrogen-bond acceptors (Lipinski definition) is 4. The van der Waals surface area contributed by atoms with Gasteiger partial charge in [0, 0.05) is 19.6 Å². The Morgan fingerprint density at radius 2 is 1.88 bits per heavy atom. The molecule has 1 unspecified atom stereocenters. The molecule has 7 nitrogen and oxygen atoms in total. The summed E-state index contributed by atoms with van der Waals surface area (Å²) in [5, 5.41) is 10.5. The summed E-state index contributed by atoms with van der Waals surface area (Å²) in [5.74, 6) is -0.0121. The first-order chi connectivity index (χ1) is 12.3. The van der Waals surface area contributed by atoms with Gasteiger partial charge in [0.05, 0.1) is 11.6 Å². The molecule has 0 radical (unpaired) electrons. The topological polar surface area (TPSA) is 102 Å². The number of hydrogen-bond donors (Lipinski definition) is 3. The van der Waals surface area contributed by atoms with E-state index in [1.54, 1.807) is 31.2 Å². The Kier molecular flexibility index (Phi) is 7.16. The van der Waals surface area contributed by atoms with E-state index >= 15 is 0 Å². The molecular formula is C18H28N4O3S. The van der Waals surface area contributed by atoms with Gasteiger partial charge in [0.1, 0.15) is 6.04 Å². The van der Waals surface area contributed by atoms with Crippen molar-refractivity contribution in [3.8, 4) is 0 Å². The number of carbonyl (C=O) groups excluding carboxylic acids is 1. The van der Waals surface area contributed by atoms with Crippen molar-refractivity contribution < 1.29 is 13.2 Å². The predicted molar refractivity (Wildman–Crippen MR) is 102 cm³/mol. The summed E-state index contributed by atoms with van der Waals surface area (Å²) in [6, 6.07) is 8.15. The number of nitrogens with one attached hydrogen (secondary N) is 3. The normalized spacial score (nSPS) is 16.9. The standard InChI is InChI=1S/C18H28N4O3S/c1-3-20-18(23)17(16-9-11-22(12-10-16)14(2)19)21-26(24,25)13-15-7-5-4-6-8-15/h4-8,16-17,19,21H,3,9-13H2,1-2H3,(H,20,23). The third kappa shape index (κ3) is 5.81. The fourth-order valence-electron chi connectivity index (χ4n) is 3.24. The number of carbonyl (C=O) groups is 1. The van der Waals surface area contributed by atoms with Crippen molar-refractivity contribution in [1.29, 1.82) is 5.41 Å². The third-order valence-electron chi connectivity index (χ3n) is 4.62. The minimum Gasteiger partial charge on any atom is -0.361 e. The van der Waals surface area contributed by atoms with Crippen LogP contribution in [0.5, 0.6) is 0 Å². The highest BCUT2D eigenvalue weighted by molar-refractivity contribution is 7.88. The van der Waals surface area contributed by atoms with E-state index in [4.69, 9.17) is 5.41 Å². The van der Waals surface area contributed by atoms with Crippen molar-refractivity contribution in [2.75, 3.05) is 19.6 Å². The Labute approximate surface area is 155 Å². The van der Waals surface area contributed by atoms with Crippen LogP contribution in [0.1, 0.15) is 32.3 Å². The van der Waals surface area contributed by atoms with Gasteiger partial charge in [0.25, 0.3) is 0 Å². The Bertz CT molecular complexity index is 713. The van der Waals surface area contributed by atoms with Gasteiger partial charge in [0.15, 0.2) is 0 Å². The van der Waals surface area contributed by atoms with Crippen molar-refractivity contribution in [1.82, 2.24) is 14.9 Å². The van der Waals surface area contributed by atoms with Gasteiger partial charge < -0.3 is 10.2 Å². The second-order valence-electron chi connectivity index (χ2n) is 6.64. The number of sulfonamides is 1. The molecule has 26 heavy (non-hydrogen) atoms. The summed E-state index contributed by atoms with van der Waals surface area (Å²) < 4.78 is 27.8. The van der Waals surface area contributed by atoms with Gasteiger partial charge in [-0.25, -0.2) is 13.1 Å². The Morgan fingerprint density at radius 1 is 1.27 bits per heavy atom. The second kappa shape index (κ2) is 9.14. The van der Waals surface area contributed by atoms with Gasteiger partial charge in [-0.05, 0) is 38.2 Å². The maximum absolute atomic E-state index is 12.6. The van der Waals surface area contributed by atoms with Crippen molar-refractivity contribution in [2.45, 2.75) is 38.5 Å². The molecular weight excluding hydrogens is 352 g/mol. The molecule has 1 aromatic rings. The van der Waals surface area contributed by atoms with Gasteiger partial charge in [-0.1, -0.05) is 30.3 Å². The molecule has 1 aromatic carbocycles. The molecule has 1 amide bonds. The Hall–Kier alpha value is -1.93. The molecule has 0 aromatic heterocycles. The Balaban J connectivity index is 2.09. The fourth-order valence-corrected chi connectivity index (χ4v) is 4.65. The van der Waals surface area contributed by atoms with Gasteiger partial charge in [-0.2, -0.15) is 0 Å². The highest BCUT2D eigenvalue weighted by atomic mass is 32.2. The van der Waals surface area contributed by atoms with E-state index in [-0.39, 0.29) is 17.6 Å². The van der Waals surface area contributed by atoms with Crippen LogP contribution in [-0.4, -0.2) is 50.7 Å². The Morgan fingerprint density at radius 3 is 2.42 bits per heavy atom. The second-order valence-corrected chi connectivity index (χ2v) is 8.40. The lowest BCUT2D eigenvalue weighted by Crippen LogP contribution is -2.53. The first-order valence-corrected chi connectivity index (χ1v) is 10.6. The SMILES string of the molecule is CCNC(=O)C(NS(=O)(=O)Cc1ccccc1)C1CCN(C(C)=N)CC1. The fraction of sp³-hybridized carbons (Fsp3) is 0.556. The van der Waals surface area contributed by atoms with Crippen molar-refractivity contribution in [2.24, 2.45) is 5.92 Å². The lowest BCUT2D eigenvalue weighted by Gasteiger charge is -2.36. The van der Waals surface area contributed by atoms with Crippen LogP contribution < -0.4 is 10.0 Å². The summed E-state index contributed by atoms with van der Waals surface area (Å²) in [6.45, 7) is 5.33. The lowest BCUT2D eigenvalue weighted by molar-refractivity contribution is -0.124. The molecule has 1 heterocycles. The van der Waals surface area contributed by atoms with Crippen molar-refractivity contribution >= 4 is 21.8 Å². The molecule has 2 rings (SSSR count). The predicted octanol–water partition coefficient (Wildman–Crippen LogP) is 1.32. The van der Waals surface area contributed by atoms with Crippen molar-refractivity contribution in [3.63, 3.8) is 0 Å². The number of likely N-dealkylation sites (tertiary alicyclic amines) is 1. The summed E-state index contributed by atoms with van der Waals surface area (Å²) in [4.78, 5) is 14.4. The molecule has 1 aliphatic heterocycles. The highest BCUT2D eigenvalue weighted by Gasteiger charge is 2.34. The molecule has 0 bridgehead atoms. The number of nitrogens with zero attached hydrogens (tertiary/aromatic N) is 1. The minimum absolute atomic E-state index is 0.0808. The van der Waals surface area contributed by atoms with Crippen LogP contribution in [0.2, 0.25) is 0 Å². The van der Waals surface area contributed by atoms with Crippen LogP contribution in [0, 0.1) is 11.3 Å². The molecule has 0 saturated carbocycles. The maximum atomic E-state index is 12.6. The average Bonchev–Trinajstić information content (AvgIpc) is 2.60. The monoisotopic (exact) mass is 380 g/mol. The highest BCUT2D eigenvalue weighted by Crippen LogP contribution is 2.22. The first kappa shape index (κ1) is 20.4. The number of likely N-dealkylation sites (N-methyl/N-ethyl adjacent to an activating group) is 1. The van der Waals surface area contributed by atoms with Gasteiger partial charge in [-0.15, -0.1) is 0 Å². The third-order valence-corrected chi connectivity index (χ3v) is 5.95. The number of amides is 1.